The Kier molecular flexibility index (Phi) is 5.68. The van der Waals surface area contributed by atoms with Gasteiger partial charge in [0.25, 0.3) is 5.91 Å². The lowest BCUT2D eigenvalue weighted by Crippen LogP contribution is -2.39. The fraction of sp³-hybridized carbons (Fsp3) is 0.611. The van der Waals surface area contributed by atoms with Crippen molar-refractivity contribution in [2.75, 3.05) is 37.1 Å². The molecule has 1 saturated heterocycles. The molecule has 2 fully saturated rings. The quantitative estimate of drug-likeness (QED) is 0.918. The van der Waals surface area contributed by atoms with E-state index >= 15 is 0 Å². The van der Waals surface area contributed by atoms with E-state index in [9.17, 15) is 9.18 Å². The van der Waals surface area contributed by atoms with E-state index in [1.54, 1.807) is 12.1 Å². The van der Waals surface area contributed by atoms with Gasteiger partial charge in [0.2, 0.25) is 0 Å². The summed E-state index contributed by atoms with van der Waals surface area (Å²) in [5, 5.41) is 2.70. The van der Waals surface area contributed by atoms with Gasteiger partial charge in [-0.2, -0.15) is 0 Å². The van der Waals surface area contributed by atoms with Crippen molar-refractivity contribution in [3.05, 3.63) is 24.0 Å². The molecule has 5 nitrogen and oxygen atoms in total. The Morgan fingerprint density at radius 1 is 1.25 bits per heavy atom. The summed E-state index contributed by atoms with van der Waals surface area (Å²) in [6.45, 7) is 1.13. The molecule has 1 amide bonds. The smallest absolute Gasteiger partial charge is 0.255 e. The number of carbonyl (C=O) groups excluding carboxylic acids is 1. The summed E-state index contributed by atoms with van der Waals surface area (Å²) < 4.78 is 25.1. The topological polar surface area (TPSA) is 50.8 Å². The van der Waals surface area contributed by atoms with E-state index in [0.717, 1.165) is 12.8 Å². The standard InChI is InChI=1S/C18H25FN2O3/c1-21(14-5-3-2-4-6-14)16-8-7-13(11-15(16)19)20-18(22)17-12-23-9-10-24-17/h7-8,11,14,17H,2-6,9-10,12H2,1H3,(H,20,22)/t17-/m1/s1. The maximum atomic E-state index is 14.5. The monoisotopic (exact) mass is 336 g/mol. The Bertz CT molecular complexity index is 569. The van der Waals surface area contributed by atoms with Gasteiger partial charge in [-0.15, -0.1) is 0 Å². The molecule has 0 radical (unpaired) electrons. The van der Waals surface area contributed by atoms with Crippen molar-refractivity contribution in [3.8, 4) is 0 Å². The van der Waals surface area contributed by atoms with E-state index in [-0.39, 0.29) is 18.3 Å². The first kappa shape index (κ1) is 17.2. The van der Waals surface area contributed by atoms with Crippen LogP contribution >= 0.6 is 0 Å². The van der Waals surface area contributed by atoms with Crippen LogP contribution in [0.4, 0.5) is 15.8 Å². The predicted molar refractivity (Wildman–Crippen MR) is 90.9 cm³/mol. The molecule has 1 aromatic rings. The number of nitrogens with one attached hydrogen (secondary N) is 1. The van der Waals surface area contributed by atoms with E-state index < -0.39 is 6.10 Å². The van der Waals surface area contributed by atoms with Gasteiger partial charge in [0, 0.05) is 18.8 Å². The summed E-state index contributed by atoms with van der Waals surface area (Å²) >= 11 is 0. The lowest BCUT2D eigenvalue weighted by Gasteiger charge is -2.33. The van der Waals surface area contributed by atoms with Crippen LogP contribution in [0.1, 0.15) is 32.1 Å². The summed E-state index contributed by atoms with van der Waals surface area (Å²) in [4.78, 5) is 14.1. The summed E-state index contributed by atoms with van der Waals surface area (Å²) in [6, 6.07) is 5.23. The molecule has 132 valence electrons. The third-order valence-electron chi connectivity index (χ3n) is 4.83. The molecule has 0 spiro atoms. The third-order valence-corrected chi connectivity index (χ3v) is 4.83. The first-order valence-electron chi connectivity index (χ1n) is 8.68. The van der Waals surface area contributed by atoms with Crippen LogP contribution in [-0.4, -0.2) is 44.9 Å². The van der Waals surface area contributed by atoms with Gasteiger partial charge in [-0.3, -0.25) is 4.79 Å². The van der Waals surface area contributed by atoms with Crippen molar-refractivity contribution in [1.29, 1.82) is 0 Å². The number of nitrogens with zero attached hydrogens (tertiary/aromatic N) is 1. The predicted octanol–water partition coefficient (Wildman–Crippen LogP) is 2.95. The Morgan fingerprint density at radius 3 is 2.71 bits per heavy atom. The number of carbonyl (C=O) groups is 1. The zero-order valence-electron chi connectivity index (χ0n) is 14.1. The van der Waals surface area contributed by atoms with Crippen molar-refractivity contribution in [2.45, 2.75) is 44.2 Å². The maximum absolute atomic E-state index is 14.5. The van der Waals surface area contributed by atoms with Crippen LogP contribution in [0.5, 0.6) is 0 Å². The highest BCUT2D eigenvalue weighted by atomic mass is 19.1. The second kappa shape index (κ2) is 7.94. The van der Waals surface area contributed by atoms with Gasteiger partial charge in [-0.05, 0) is 31.0 Å². The highest BCUT2D eigenvalue weighted by Gasteiger charge is 2.24. The van der Waals surface area contributed by atoms with Crippen LogP contribution in [0.3, 0.4) is 0 Å². The molecule has 3 rings (SSSR count). The highest BCUT2D eigenvalue weighted by Crippen LogP contribution is 2.29. The Morgan fingerprint density at radius 2 is 2.04 bits per heavy atom. The van der Waals surface area contributed by atoms with Gasteiger partial charge in [0.15, 0.2) is 6.10 Å². The van der Waals surface area contributed by atoms with Gasteiger partial charge in [-0.1, -0.05) is 19.3 Å². The molecule has 1 aliphatic heterocycles. The lowest BCUT2D eigenvalue weighted by atomic mass is 9.94. The number of hydrogen-bond donors (Lipinski definition) is 1. The number of hydrogen-bond acceptors (Lipinski definition) is 4. The van der Waals surface area contributed by atoms with Crippen LogP contribution in [0.2, 0.25) is 0 Å². The van der Waals surface area contributed by atoms with Crippen LogP contribution in [0.25, 0.3) is 0 Å². The summed E-state index contributed by atoms with van der Waals surface area (Å²) in [6.07, 6.45) is 5.25. The number of rotatable bonds is 4. The molecule has 1 saturated carbocycles. The summed E-state index contributed by atoms with van der Waals surface area (Å²) in [5.41, 5.74) is 1.02. The fourth-order valence-corrected chi connectivity index (χ4v) is 3.40. The Labute approximate surface area is 142 Å². The van der Waals surface area contributed by atoms with Crippen LogP contribution in [0, 0.1) is 5.82 Å². The number of ether oxygens (including phenoxy) is 2. The minimum atomic E-state index is -0.633. The first-order valence-corrected chi connectivity index (χ1v) is 8.68. The average molecular weight is 336 g/mol. The number of benzene rings is 1. The normalized spacial score (nSPS) is 22.2. The highest BCUT2D eigenvalue weighted by molar-refractivity contribution is 5.94. The van der Waals surface area contributed by atoms with E-state index in [4.69, 9.17) is 9.47 Å². The molecule has 6 heteroatoms. The molecular formula is C18H25FN2O3. The van der Waals surface area contributed by atoms with Crippen molar-refractivity contribution in [3.63, 3.8) is 0 Å². The van der Waals surface area contributed by atoms with Crippen molar-refractivity contribution >= 4 is 17.3 Å². The fourth-order valence-electron chi connectivity index (χ4n) is 3.40. The van der Waals surface area contributed by atoms with Crippen LogP contribution in [0.15, 0.2) is 18.2 Å². The average Bonchev–Trinajstić information content (AvgIpc) is 2.63. The van der Waals surface area contributed by atoms with Crippen LogP contribution in [-0.2, 0) is 14.3 Å². The molecular weight excluding hydrogens is 311 g/mol. The van der Waals surface area contributed by atoms with E-state index in [1.807, 2.05) is 11.9 Å². The molecule has 0 bridgehead atoms. The van der Waals surface area contributed by atoms with Gasteiger partial charge >= 0.3 is 0 Å². The second-order valence-electron chi connectivity index (χ2n) is 6.49. The number of halogens is 1. The van der Waals surface area contributed by atoms with E-state index in [2.05, 4.69) is 5.32 Å². The molecule has 1 N–H and O–H groups in total. The van der Waals surface area contributed by atoms with E-state index in [1.165, 1.54) is 25.3 Å². The molecule has 1 heterocycles. The number of anilines is 2. The largest absolute Gasteiger partial charge is 0.376 e. The molecule has 24 heavy (non-hydrogen) atoms. The van der Waals surface area contributed by atoms with Crippen molar-refractivity contribution in [2.24, 2.45) is 0 Å². The SMILES string of the molecule is CN(c1ccc(NC(=O)[C@H]2COCCO2)cc1F)C1CCCCC1. The van der Waals surface area contributed by atoms with Gasteiger partial charge in [0.1, 0.15) is 5.82 Å². The van der Waals surface area contributed by atoms with Crippen LogP contribution < -0.4 is 10.2 Å². The molecule has 1 atom stereocenters. The minimum absolute atomic E-state index is 0.233. The third kappa shape index (κ3) is 4.05. The van der Waals surface area contributed by atoms with Crippen molar-refractivity contribution in [1.82, 2.24) is 0 Å². The molecule has 0 unspecified atom stereocenters. The maximum Gasteiger partial charge on any atom is 0.255 e. The van der Waals surface area contributed by atoms with Crippen molar-refractivity contribution < 1.29 is 18.7 Å². The Hall–Kier alpha value is -1.66. The molecule has 1 aromatic carbocycles. The molecule has 0 aromatic heterocycles. The first-order chi connectivity index (χ1) is 11.6. The van der Waals surface area contributed by atoms with E-state index in [0.29, 0.717) is 30.6 Å². The van der Waals surface area contributed by atoms with Gasteiger partial charge in [0.05, 0.1) is 25.5 Å². The zero-order valence-corrected chi connectivity index (χ0v) is 14.1. The Balaban J connectivity index is 1.64. The zero-order chi connectivity index (χ0) is 16.9. The van der Waals surface area contributed by atoms with Gasteiger partial charge < -0.3 is 19.7 Å². The minimum Gasteiger partial charge on any atom is -0.376 e. The summed E-state index contributed by atoms with van der Waals surface area (Å²) in [5.74, 6) is -0.621. The lowest BCUT2D eigenvalue weighted by molar-refractivity contribution is -0.142. The summed E-state index contributed by atoms with van der Waals surface area (Å²) in [7, 11) is 1.94. The second-order valence-corrected chi connectivity index (χ2v) is 6.49. The molecule has 2 aliphatic rings. The van der Waals surface area contributed by atoms with Gasteiger partial charge in [-0.25, -0.2) is 4.39 Å². The number of amides is 1. The molecule has 1 aliphatic carbocycles.